The first-order valence-electron chi connectivity index (χ1n) is 7.96. The summed E-state index contributed by atoms with van der Waals surface area (Å²) in [5.74, 6) is 1.54. The number of thiophene rings is 1. The van der Waals surface area contributed by atoms with Gasteiger partial charge in [-0.25, -0.2) is 9.97 Å². The first-order valence-corrected chi connectivity index (χ1v) is 8.77. The van der Waals surface area contributed by atoms with Crippen LogP contribution < -0.4 is 10.6 Å². The van der Waals surface area contributed by atoms with Crippen molar-refractivity contribution in [3.05, 3.63) is 16.8 Å². The Morgan fingerprint density at radius 2 is 2.14 bits per heavy atom. The second-order valence-corrected chi connectivity index (χ2v) is 6.92. The molecule has 1 aliphatic rings. The van der Waals surface area contributed by atoms with Crippen molar-refractivity contribution < 1.29 is 4.79 Å². The molecule has 2 heterocycles. The van der Waals surface area contributed by atoms with Gasteiger partial charge in [-0.1, -0.05) is 19.8 Å². The quantitative estimate of drug-likeness (QED) is 0.889. The Morgan fingerprint density at radius 3 is 2.86 bits per heavy atom. The van der Waals surface area contributed by atoms with E-state index >= 15 is 0 Å². The van der Waals surface area contributed by atoms with Crippen molar-refractivity contribution in [3.8, 4) is 0 Å². The van der Waals surface area contributed by atoms with Crippen LogP contribution in [-0.2, 0) is 11.2 Å². The molecule has 2 aromatic heterocycles. The summed E-state index contributed by atoms with van der Waals surface area (Å²) in [5.41, 5.74) is 0. The Kier molecular flexibility index (Phi) is 4.57. The van der Waals surface area contributed by atoms with Crippen molar-refractivity contribution in [2.75, 3.05) is 11.9 Å². The fraction of sp³-hybridized carbons (Fsp3) is 0.562. The first-order chi connectivity index (χ1) is 10.7. The molecular formula is C16H22N4OS. The van der Waals surface area contributed by atoms with Crippen molar-refractivity contribution in [3.63, 3.8) is 0 Å². The summed E-state index contributed by atoms with van der Waals surface area (Å²) in [6.07, 6.45) is 5.64. The largest absolute Gasteiger partial charge is 0.360 e. The summed E-state index contributed by atoms with van der Waals surface area (Å²) in [6.45, 7) is 4.28. The number of anilines is 1. The van der Waals surface area contributed by atoms with Crippen LogP contribution in [0.4, 0.5) is 5.82 Å². The van der Waals surface area contributed by atoms with E-state index in [1.54, 1.807) is 11.3 Å². The molecule has 0 bridgehead atoms. The molecule has 2 aromatic rings. The van der Waals surface area contributed by atoms with Crippen LogP contribution in [0.5, 0.6) is 0 Å². The van der Waals surface area contributed by atoms with E-state index in [0.717, 1.165) is 41.1 Å². The van der Waals surface area contributed by atoms with Crippen molar-refractivity contribution in [1.29, 1.82) is 0 Å². The van der Waals surface area contributed by atoms with Crippen LogP contribution in [0.1, 0.15) is 43.3 Å². The first kappa shape index (κ1) is 15.2. The lowest BCUT2D eigenvalue weighted by atomic mass is 10.2. The van der Waals surface area contributed by atoms with Crippen LogP contribution in [-0.4, -0.2) is 28.5 Å². The molecule has 0 aromatic carbocycles. The molecule has 0 radical (unpaired) electrons. The maximum absolute atomic E-state index is 12.0. The molecular weight excluding hydrogens is 296 g/mol. The van der Waals surface area contributed by atoms with Crippen LogP contribution in [0.15, 0.2) is 6.07 Å². The molecule has 1 amide bonds. The lowest BCUT2D eigenvalue weighted by Gasteiger charge is -2.13. The van der Waals surface area contributed by atoms with Crippen molar-refractivity contribution in [1.82, 2.24) is 15.3 Å². The highest BCUT2D eigenvalue weighted by Crippen LogP contribution is 2.29. The van der Waals surface area contributed by atoms with Crippen LogP contribution in [0.25, 0.3) is 10.2 Å². The maximum Gasteiger partial charge on any atom is 0.239 e. The number of carbonyl (C=O) groups excluding carboxylic acids is 1. The van der Waals surface area contributed by atoms with Gasteiger partial charge in [-0.2, -0.15) is 0 Å². The SMILES string of the molecule is CCc1cc2c(NCC(=O)NC3CCCC3)nc(C)nc2s1. The predicted molar refractivity (Wildman–Crippen MR) is 90.4 cm³/mol. The number of hydrogen-bond acceptors (Lipinski definition) is 5. The molecule has 6 heteroatoms. The molecule has 0 unspecified atom stereocenters. The molecule has 1 fully saturated rings. The van der Waals surface area contributed by atoms with Gasteiger partial charge in [-0.15, -0.1) is 11.3 Å². The number of carbonyl (C=O) groups is 1. The van der Waals surface area contributed by atoms with E-state index in [1.165, 1.54) is 17.7 Å². The van der Waals surface area contributed by atoms with Crippen molar-refractivity contribution in [2.24, 2.45) is 0 Å². The number of nitrogens with one attached hydrogen (secondary N) is 2. The van der Waals surface area contributed by atoms with E-state index in [1.807, 2.05) is 6.92 Å². The fourth-order valence-corrected chi connectivity index (χ4v) is 3.91. The van der Waals surface area contributed by atoms with Gasteiger partial charge in [0.2, 0.25) is 5.91 Å². The van der Waals surface area contributed by atoms with Gasteiger partial charge < -0.3 is 10.6 Å². The molecule has 0 aliphatic heterocycles. The van der Waals surface area contributed by atoms with Crippen LogP contribution >= 0.6 is 11.3 Å². The highest BCUT2D eigenvalue weighted by atomic mass is 32.1. The van der Waals surface area contributed by atoms with E-state index in [0.29, 0.717) is 6.04 Å². The smallest absolute Gasteiger partial charge is 0.239 e. The predicted octanol–water partition coefficient (Wildman–Crippen LogP) is 3.03. The minimum absolute atomic E-state index is 0.0438. The molecule has 1 saturated carbocycles. The number of aromatic nitrogens is 2. The zero-order valence-corrected chi connectivity index (χ0v) is 13.9. The van der Waals surface area contributed by atoms with Crippen molar-refractivity contribution in [2.45, 2.75) is 52.0 Å². The number of rotatable bonds is 5. The molecule has 0 atom stereocenters. The van der Waals surface area contributed by atoms with Gasteiger partial charge in [0, 0.05) is 10.9 Å². The summed E-state index contributed by atoms with van der Waals surface area (Å²) < 4.78 is 0. The normalized spacial score (nSPS) is 15.4. The Labute approximate surface area is 134 Å². The molecule has 0 spiro atoms. The molecule has 2 N–H and O–H groups in total. The average molecular weight is 318 g/mol. The lowest BCUT2D eigenvalue weighted by Crippen LogP contribution is -2.36. The zero-order chi connectivity index (χ0) is 15.5. The topological polar surface area (TPSA) is 66.9 Å². The highest BCUT2D eigenvalue weighted by molar-refractivity contribution is 7.18. The standard InChI is InChI=1S/C16H22N4OS/c1-3-12-8-13-15(18-10(2)19-16(13)22-12)17-9-14(21)20-11-6-4-5-7-11/h8,11H,3-7,9H2,1-2H3,(H,20,21)(H,17,18,19). The molecule has 5 nitrogen and oxygen atoms in total. The van der Waals surface area contributed by atoms with Crippen LogP contribution in [0.2, 0.25) is 0 Å². The summed E-state index contributed by atoms with van der Waals surface area (Å²) in [4.78, 5) is 23.3. The second kappa shape index (κ2) is 6.60. The average Bonchev–Trinajstić information content (AvgIpc) is 3.13. The van der Waals surface area contributed by atoms with Gasteiger partial charge in [0.05, 0.1) is 11.9 Å². The maximum atomic E-state index is 12.0. The van der Waals surface area contributed by atoms with Crippen LogP contribution in [0, 0.1) is 6.92 Å². The Bertz CT molecular complexity index is 676. The molecule has 0 saturated heterocycles. The van der Waals surface area contributed by atoms with Gasteiger partial charge in [0.15, 0.2) is 0 Å². The minimum Gasteiger partial charge on any atom is -0.360 e. The summed E-state index contributed by atoms with van der Waals surface area (Å²) in [7, 11) is 0. The zero-order valence-electron chi connectivity index (χ0n) is 13.1. The molecule has 22 heavy (non-hydrogen) atoms. The third-order valence-corrected chi connectivity index (χ3v) is 5.21. The second-order valence-electron chi connectivity index (χ2n) is 5.81. The Morgan fingerprint density at radius 1 is 1.36 bits per heavy atom. The molecule has 3 rings (SSSR count). The van der Waals surface area contributed by atoms with E-state index in [-0.39, 0.29) is 12.5 Å². The van der Waals surface area contributed by atoms with Crippen LogP contribution in [0.3, 0.4) is 0 Å². The summed E-state index contributed by atoms with van der Waals surface area (Å²) >= 11 is 1.69. The highest BCUT2D eigenvalue weighted by Gasteiger charge is 2.17. The van der Waals surface area contributed by atoms with Gasteiger partial charge in [0.25, 0.3) is 0 Å². The minimum atomic E-state index is 0.0438. The van der Waals surface area contributed by atoms with Gasteiger partial charge in [-0.05, 0) is 32.3 Å². The Balaban J connectivity index is 1.69. The lowest BCUT2D eigenvalue weighted by molar-refractivity contribution is -0.120. The molecule has 118 valence electrons. The fourth-order valence-electron chi connectivity index (χ4n) is 2.90. The van der Waals surface area contributed by atoms with Gasteiger partial charge in [-0.3, -0.25) is 4.79 Å². The number of aryl methyl sites for hydroxylation is 2. The number of nitrogens with zero attached hydrogens (tertiary/aromatic N) is 2. The number of fused-ring (bicyclic) bond motifs is 1. The van der Waals surface area contributed by atoms with E-state index in [2.05, 4.69) is 33.6 Å². The number of hydrogen-bond donors (Lipinski definition) is 2. The van der Waals surface area contributed by atoms with Crippen molar-refractivity contribution >= 4 is 33.3 Å². The van der Waals surface area contributed by atoms with Gasteiger partial charge >= 0.3 is 0 Å². The number of amides is 1. The van der Waals surface area contributed by atoms with E-state index in [4.69, 9.17) is 0 Å². The van der Waals surface area contributed by atoms with E-state index in [9.17, 15) is 4.79 Å². The van der Waals surface area contributed by atoms with E-state index < -0.39 is 0 Å². The summed E-state index contributed by atoms with van der Waals surface area (Å²) in [6, 6.07) is 2.48. The Hall–Kier alpha value is -1.69. The third kappa shape index (κ3) is 3.38. The van der Waals surface area contributed by atoms with Gasteiger partial charge in [0.1, 0.15) is 16.5 Å². The summed E-state index contributed by atoms with van der Waals surface area (Å²) in [5, 5.41) is 7.28. The molecule has 1 aliphatic carbocycles. The third-order valence-electron chi connectivity index (χ3n) is 4.04. The monoisotopic (exact) mass is 318 g/mol.